The molecule has 0 aliphatic rings. The molecule has 13 heavy (non-hydrogen) atoms. The number of hydrogen-bond acceptors (Lipinski definition) is 4. The van der Waals surface area contributed by atoms with Crippen molar-refractivity contribution in [1.29, 1.82) is 0 Å². The van der Waals surface area contributed by atoms with Gasteiger partial charge in [0.15, 0.2) is 0 Å². The Bertz CT molecular complexity index is 141. The Labute approximate surface area is 83.0 Å². The van der Waals surface area contributed by atoms with E-state index in [0.29, 0.717) is 18.9 Å². The molecule has 0 unspecified atom stereocenters. The van der Waals surface area contributed by atoms with Crippen LogP contribution in [0.4, 0.5) is 0 Å². The zero-order chi connectivity index (χ0) is 10.1. The summed E-state index contributed by atoms with van der Waals surface area (Å²) in [5, 5.41) is 11.5. The zero-order valence-electron chi connectivity index (χ0n) is 8.08. The molecular formula is C8H17NO3S. The van der Waals surface area contributed by atoms with Gasteiger partial charge in [-0.15, -0.1) is 11.8 Å². The van der Waals surface area contributed by atoms with Gasteiger partial charge in [-0.2, -0.15) is 0 Å². The lowest BCUT2D eigenvalue weighted by Crippen LogP contribution is -2.31. The van der Waals surface area contributed by atoms with E-state index in [1.807, 2.05) is 0 Å². The highest BCUT2D eigenvalue weighted by molar-refractivity contribution is 7.99. The third kappa shape index (κ3) is 9.66. The molecule has 0 bridgehead atoms. The second-order valence-electron chi connectivity index (χ2n) is 2.70. The number of methoxy groups -OCH3 is 1. The molecule has 0 saturated carbocycles. The fourth-order valence-corrected chi connectivity index (χ4v) is 1.34. The minimum atomic E-state index is -0.479. The zero-order valence-corrected chi connectivity index (χ0v) is 8.89. The van der Waals surface area contributed by atoms with Crippen LogP contribution in [0.15, 0.2) is 0 Å². The highest BCUT2D eigenvalue weighted by atomic mass is 32.2. The van der Waals surface area contributed by atoms with Crippen molar-refractivity contribution in [2.45, 2.75) is 13.0 Å². The minimum absolute atomic E-state index is 0.0398. The summed E-state index contributed by atoms with van der Waals surface area (Å²) in [7, 11) is 1.63. The van der Waals surface area contributed by atoms with Gasteiger partial charge in [0.25, 0.3) is 0 Å². The maximum atomic E-state index is 11.0. The first-order chi connectivity index (χ1) is 6.16. The summed E-state index contributed by atoms with van der Waals surface area (Å²) in [5.41, 5.74) is 0. The average Bonchev–Trinajstić information content (AvgIpc) is 2.09. The number of carbonyl (C=O) groups excluding carboxylic acids is 1. The van der Waals surface area contributed by atoms with Gasteiger partial charge in [-0.3, -0.25) is 4.79 Å². The number of ether oxygens (including phenoxy) is 1. The maximum Gasteiger partial charge on any atom is 0.230 e. The van der Waals surface area contributed by atoms with Crippen molar-refractivity contribution < 1.29 is 14.6 Å². The van der Waals surface area contributed by atoms with E-state index in [-0.39, 0.29) is 5.91 Å². The van der Waals surface area contributed by atoms with Crippen LogP contribution in [0.2, 0.25) is 0 Å². The van der Waals surface area contributed by atoms with Crippen LogP contribution in [-0.2, 0) is 9.53 Å². The molecule has 0 aromatic carbocycles. The quantitative estimate of drug-likeness (QED) is 0.571. The van der Waals surface area contributed by atoms with E-state index in [2.05, 4.69) is 5.32 Å². The summed E-state index contributed by atoms with van der Waals surface area (Å²) in [5.74, 6) is 1.20. The lowest BCUT2D eigenvalue weighted by Gasteiger charge is -2.06. The molecule has 0 aliphatic heterocycles. The fraction of sp³-hybridized carbons (Fsp3) is 0.875. The Morgan fingerprint density at radius 2 is 2.38 bits per heavy atom. The predicted octanol–water partition coefficient (Wildman–Crippen LogP) is -0.137. The van der Waals surface area contributed by atoms with Gasteiger partial charge >= 0.3 is 0 Å². The maximum absolute atomic E-state index is 11.0. The summed E-state index contributed by atoms with van der Waals surface area (Å²) in [6.45, 7) is 2.62. The first kappa shape index (κ1) is 12.7. The first-order valence-corrected chi connectivity index (χ1v) is 5.33. The van der Waals surface area contributed by atoms with Crippen LogP contribution in [-0.4, -0.2) is 48.9 Å². The summed E-state index contributed by atoms with van der Waals surface area (Å²) in [6.07, 6.45) is -0.479. The van der Waals surface area contributed by atoms with E-state index in [4.69, 9.17) is 9.84 Å². The highest BCUT2D eigenvalue weighted by Crippen LogP contribution is 1.97. The van der Waals surface area contributed by atoms with E-state index in [0.717, 1.165) is 5.75 Å². The van der Waals surface area contributed by atoms with Crippen LogP contribution >= 0.6 is 11.8 Å². The third-order valence-corrected chi connectivity index (χ3v) is 2.18. The molecule has 1 atom stereocenters. The molecule has 2 N–H and O–H groups in total. The first-order valence-electron chi connectivity index (χ1n) is 4.18. The van der Waals surface area contributed by atoms with Crippen LogP contribution in [0.25, 0.3) is 0 Å². The van der Waals surface area contributed by atoms with Crippen LogP contribution in [0, 0.1) is 0 Å². The molecule has 0 saturated heterocycles. The lowest BCUT2D eigenvalue weighted by atomic mass is 10.4. The fourth-order valence-electron chi connectivity index (χ4n) is 0.620. The van der Waals surface area contributed by atoms with E-state index in [9.17, 15) is 4.79 Å². The summed E-state index contributed by atoms with van der Waals surface area (Å²) < 4.78 is 4.83. The molecule has 1 amide bonds. The van der Waals surface area contributed by atoms with Crippen molar-refractivity contribution in [2.75, 3.05) is 31.8 Å². The van der Waals surface area contributed by atoms with Gasteiger partial charge < -0.3 is 15.2 Å². The molecule has 0 rings (SSSR count). The second kappa shape index (κ2) is 8.34. The van der Waals surface area contributed by atoms with Crippen molar-refractivity contribution in [3.63, 3.8) is 0 Å². The molecule has 0 aromatic rings. The van der Waals surface area contributed by atoms with Crippen LogP contribution in [0.1, 0.15) is 6.92 Å². The summed E-state index contributed by atoms with van der Waals surface area (Å²) in [6, 6.07) is 0. The molecule has 0 aromatic heterocycles. The van der Waals surface area contributed by atoms with Gasteiger partial charge in [0.05, 0.1) is 18.5 Å². The van der Waals surface area contributed by atoms with Crippen LogP contribution < -0.4 is 5.32 Å². The number of rotatable bonds is 7. The van der Waals surface area contributed by atoms with Crippen molar-refractivity contribution in [2.24, 2.45) is 0 Å². The SMILES string of the molecule is COCCSCC(=O)NC[C@@H](C)O. The molecule has 0 fully saturated rings. The number of hydrogen-bond donors (Lipinski definition) is 2. The predicted molar refractivity (Wildman–Crippen MR) is 53.9 cm³/mol. The standard InChI is InChI=1S/C8H17NO3S/c1-7(10)5-9-8(11)6-13-4-3-12-2/h7,10H,3-6H2,1-2H3,(H,9,11)/t7-/m1/s1. The largest absolute Gasteiger partial charge is 0.392 e. The lowest BCUT2D eigenvalue weighted by molar-refractivity contribution is -0.118. The summed E-state index contributed by atoms with van der Waals surface area (Å²) in [4.78, 5) is 11.0. The van der Waals surface area contributed by atoms with E-state index < -0.39 is 6.10 Å². The minimum Gasteiger partial charge on any atom is -0.392 e. The third-order valence-electron chi connectivity index (χ3n) is 1.26. The topological polar surface area (TPSA) is 58.6 Å². The van der Waals surface area contributed by atoms with Gasteiger partial charge in [-0.1, -0.05) is 0 Å². The summed E-state index contributed by atoms with van der Waals surface area (Å²) >= 11 is 1.52. The monoisotopic (exact) mass is 207 g/mol. The van der Waals surface area contributed by atoms with Crippen molar-refractivity contribution in [3.05, 3.63) is 0 Å². The van der Waals surface area contributed by atoms with Crippen molar-refractivity contribution in [3.8, 4) is 0 Å². The number of amides is 1. The Kier molecular flexibility index (Phi) is 8.18. The molecule has 5 heteroatoms. The van der Waals surface area contributed by atoms with Crippen molar-refractivity contribution in [1.82, 2.24) is 5.32 Å². The molecule has 0 radical (unpaired) electrons. The number of nitrogens with one attached hydrogen (secondary N) is 1. The number of carbonyl (C=O) groups is 1. The highest BCUT2D eigenvalue weighted by Gasteiger charge is 2.02. The molecule has 4 nitrogen and oxygen atoms in total. The Hall–Kier alpha value is -0.260. The average molecular weight is 207 g/mol. The van der Waals surface area contributed by atoms with E-state index in [1.54, 1.807) is 14.0 Å². The number of thioether (sulfide) groups is 1. The van der Waals surface area contributed by atoms with Gasteiger partial charge in [-0.25, -0.2) is 0 Å². The number of aliphatic hydroxyl groups excluding tert-OH is 1. The molecule has 0 spiro atoms. The Balaban J connectivity index is 3.20. The second-order valence-corrected chi connectivity index (χ2v) is 3.80. The van der Waals surface area contributed by atoms with Gasteiger partial charge in [0, 0.05) is 19.4 Å². The molecule has 78 valence electrons. The van der Waals surface area contributed by atoms with Gasteiger partial charge in [0.1, 0.15) is 0 Å². The van der Waals surface area contributed by atoms with Crippen LogP contribution in [0.3, 0.4) is 0 Å². The molecule has 0 heterocycles. The van der Waals surface area contributed by atoms with E-state index in [1.165, 1.54) is 11.8 Å². The molecule has 0 aliphatic carbocycles. The smallest absolute Gasteiger partial charge is 0.230 e. The van der Waals surface area contributed by atoms with E-state index >= 15 is 0 Å². The Morgan fingerprint density at radius 1 is 1.69 bits per heavy atom. The van der Waals surface area contributed by atoms with Gasteiger partial charge in [0.2, 0.25) is 5.91 Å². The molecular weight excluding hydrogens is 190 g/mol. The number of aliphatic hydroxyl groups is 1. The Morgan fingerprint density at radius 3 is 2.92 bits per heavy atom. The van der Waals surface area contributed by atoms with Gasteiger partial charge in [-0.05, 0) is 6.92 Å². The van der Waals surface area contributed by atoms with Crippen molar-refractivity contribution >= 4 is 17.7 Å². The normalized spacial score (nSPS) is 12.5. The van der Waals surface area contributed by atoms with Crippen LogP contribution in [0.5, 0.6) is 0 Å².